The molecule has 4 rings (SSSR count). The van der Waals surface area contributed by atoms with Crippen LogP contribution in [-0.4, -0.2) is 44.8 Å². The fraction of sp³-hybridized carbons (Fsp3) is 0.179. The van der Waals surface area contributed by atoms with Crippen LogP contribution >= 0.6 is 0 Å². The number of methoxy groups -OCH3 is 3. The number of halogens is 1. The van der Waals surface area contributed by atoms with Gasteiger partial charge in [0, 0.05) is 16.6 Å². The number of carbonyl (C=O) groups is 2. The van der Waals surface area contributed by atoms with Crippen molar-refractivity contribution in [2.24, 2.45) is 0 Å². The highest BCUT2D eigenvalue weighted by molar-refractivity contribution is 6.13. The van der Waals surface area contributed by atoms with Crippen molar-refractivity contribution in [3.05, 3.63) is 77.6 Å². The van der Waals surface area contributed by atoms with Gasteiger partial charge in [-0.15, -0.1) is 0 Å². The molecule has 0 saturated carbocycles. The van der Waals surface area contributed by atoms with E-state index in [0.29, 0.717) is 50.7 Å². The van der Waals surface area contributed by atoms with E-state index < -0.39 is 17.7 Å². The summed E-state index contributed by atoms with van der Waals surface area (Å²) in [6.07, 6.45) is 0. The maximum Gasteiger partial charge on any atom is 0.338 e. The second kappa shape index (κ2) is 10.9. The summed E-state index contributed by atoms with van der Waals surface area (Å²) in [5.41, 5.74) is 2.31. The van der Waals surface area contributed by atoms with Crippen LogP contribution in [0.5, 0.6) is 17.2 Å². The number of nitrogens with zero attached hydrogens (tertiary/aromatic N) is 1. The van der Waals surface area contributed by atoms with E-state index in [9.17, 15) is 14.0 Å². The first kappa shape index (κ1) is 25.4. The van der Waals surface area contributed by atoms with Crippen molar-refractivity contribution in [3.8, 4) is 28.5 Å². The van der Waals surface area contributed by atoms with E-state index in [1.807, 2.05) is 0 Å². The molecule has 0 unspecified atom stereocenters. The fourth-order valence-electron chi connectivity index (χ4n) is 3.90. The number of carbonyl (C=O) groups excluding carboxylic acids is 2. The van der Waals surface area contributed by atoms with Gasteiger partial charge in [-0.25, -0.2) is 14.2 Å². The number of fused-ring (bicyclic) bond motifs is 1. The zero-order chi connectivity index (χ0) is 26.5. The van der Waals surface area contributed by atoms with Crippen LogP contribution in [0, 0.1) is 5.82 Å². The molecular formula is C28H25FN2O6. The number of anilines is 1. The van der Waals surface area contributed by atoms with Crippen LogP contribution in [0.25, 0.3) is 22.2 Å². The Kier molecular flexibility index (Phi) is 7.52. The average molecular weight is 505 g/mol. The predicted octanol–water partition coefficient (Wildman–Crippen LogP) is 5.50. The molecule has 190 valence electrons. The summed E-state index contributed by atoms with van der Waals surface area (Å²) in [5, 5.41) is 3.11. The Morgan fingerprint density at radius 1 is 0.919 bits per heavy atom. The number of ether oxygens (including phenoxy) is 4. The molecule has 1 N–H and O–H groups in total. The van der Waals surface area contributed by atoms with Crippen LogP contribution in [-0.2, 0) is 4.74 Å². The minimum Gasteiger partial charge on any atom is -0.493 e. The van der Waals surface area contributed by atoms with Crippen molar-refractivity contribution in [1.82, 2.24) is 4.98 Å². The molecule has 0 aliphatic carbocycles. The molecule has 1 heterocycles. The van der Waals surface area contributed by atoms with Gasteiger partial charge in [0.2, 0.25) is 5.75 Å². The van der Waals surface area contributed by atoms with Gasteiger partial charge in [0.15, 0.2) is 11.5 Å². The van der Waals surface area contributed by atoms with Gasteiger partial charge < -0.3 is 24.3 Å². The fourth-order valence-corrected chi connectivity index (χ4v) is 3.90. The molecule has 8 nitrogen and oxygen atoms in total. The quantitative estimate of drug-likeness (QED) is 0.317. The summed E-state index contributed by atoms with van der Waals surface area (Å²) in [6, 6.07) is 15.4. The number of nitrogens with one attached hydrogen (secondary N) is 1. The van der Waals surface area contributed by atoms with Crippen molar-refractivity contribution in [2.45, 2.75) is 6.92 Å². The van der Waals surface area contributed by atoms with Crippen molar-refractivity contribution >= 4 is 28.5 Å². The number of rotatable bonds is 8. The van der Waals surface area contributed by atoms with Crippen molar-refractivity contribution < 1.29 is 32.9 Å². The van der Waals surface area contributed by atoms with Crippen molar-refractivity contribution in [1.29, 1.82) is 0 Å². The highest BCUT2D eigenvalue weighted by Crippen LogP contribution is 2.41. The van der Waals surface area contributed by atoms with Crippen LogP contribution in [0.15, 0.2) is 60.7 Å². The lowest BCUT2D eigenvalue weighted by molar-refractivity contribution is 0.0526. The minimum absolute atomic E-state index is 0.190. The summed E-state index contributed by atoms with van der Waals surface area (Å²) in [6.45, 7) is 1.94. The molecule has 0 aliphatic rings. The first-order chi connectivity index (χ1) is 17.9. The van der Waals surface area contributed by atoms with Crippen LogP contribution in [0.4, 0.5) is 10.1 Å². The lowest BCUT2D eigenvalue weighted by Gasteiger charge is -2.15. The molecule has 0 bridgehead atoms. The molecule has 0 saturated heterocycles. The molecule has 0 fully saturated rings. The van der Waals surface area contributed by atoms with Gasteiger partial charge in [-0.05, 0) is 61.5 Å². The van der Waals surface area contributed by atoms with E-state index in [1.54, 1.807) is 43.3 Å². The summed E-state index contributed by atoms with van der Waals surface area (Å²) in [7, 11) is 4.50. The van der Waals surface area contributed by atoms with Gasteiger partial charge in [0.25, 0.3) is 5.91 Å². The minimum atomic E-state index is -0.507. The standard InChI is InChI=1S/C28H25FN2O6/c1-5-37-28(33)16-7-6-8-19(11-16)30-27(32)21-15-23(31-22-10-9-18(29)14-20(21)22)17-12-24(34-2)26(36-4)25(13-17)35-3/h6-15H,5H2,1-4H3,(H,30,32). The van der Waals surface area contributed by atoms with Gasteiger partial charge >= 0.3 is 5.97 Å². The predicted molar refractivity (Wildman–Crippen MR) is 137 cm³/mol. The molecule has 0 radical (unpaired) electrons. The number of pyridine rings is 1. The van der Waals surface area contributed by atoms with Crippen LogP contribution in [0.2, 0.25) is 0 Å². The maximum atomic E-state index is 14.2. The Morgan fingerprint density at radius 3 is 2.30 bits per heavy atom. The van der Waals surface area contributed by atoms with E-state index in [1.165, 1.54) is 45.6 Å². The SMILES string of the molecule is CCOC(=O)c1cccc(NC(=O)c2cc(-c3cc(OC)c(OC)c(OC)c3)nc3ccc(F)cc23)c1. The molecule has 37 heavy (non-hydrogen) atoms. The van der Waals surface area contributed by atoms with Gasteiger partial charge in [-0.2, -0.15) is 0 Å². The number of benzene rings is 3. The Labute approximate surface area is 212 Å². The molecular weight excluding hydrogens is 479 g/mol. The Bertz CT molecular complexity index is 1460. The molecule has 4 aromatic rings. The Balaban J connectivity index is 1.81. The topological polar surface area (TPSA) is 96.0 Å². The lowest BCUT2D eigenvalue weighted by Crippen LogP contribution is -2.14. The van der Waals surface area contributed by atoms with Crippen LogP contribution in [0.3, 0.4) is 0 Å². The molecule has 9 heteroatoms. The molecule has 0 spiro atoms. The van der Waals surface area contributed by atoms with Gasteiger partial charge in [-0.3, -0.25) is 4.79 Å². The largest absolute Gasteiger partial charge is 0.493 e. The zero-order valence-corrected chi connectivity index (χ0v) is 20.8. The molecule has 1 amide bonds. The van der Waals surface area contributed by atoms with Gasteiger partial charge in [0.1, 0.15) is 5.82 Å². The number of hydrogen-bond acceptors (Lipinski definition) is 7. The van der Waals surface area contributed by atoms with Gasteiger partial charge in [0.05, 0.1) is 50.3 Å². The third-order valence-electron chi connectivity index (χ3n) is 5.61. The zero-order valence-electron chi connectivity index (χ0n) is 20.8. The van der Waals surface area contributed by atoms with Crippen LogP contribution < -0.4 is 19.5 Å². The van der Waals surface area contributed by atoms with E-state index >= 15 is 0 Å². The summed E-state index contributed by atoms with van der Waals surface area (Å²) < 4.78 is 35.5. The monoisotopic (exact) mass is 504 g/mol. The van der Waals surface area contributed by atoms with Crippen molar-refractivity contribution in [3.63, 3.8) is 0 Å². The van der Waals surface area contributed by atoms with E-state index in [-0.39, 0.29) is 12.2 Å². The molecule has 0 atom stereocenters. The van der Waals surface area contributed by atoms with Crippen molar-refractivity contribution in [2.75, 3.05) is 33.3 Å². The van der Waals surface area contributed by atoms with E-state index in [4.69, 9.17) is 18.9 Å². The van der Waals surface area contributed by atoms with Crippen LogP contribution in [0.1, 0.15) is 27.6 Å². The second-order valence-electron chi connectivity index (χ2n) is 7.89. The highest BCUT2D eigenvalue weighted by atomic mass is 19.1. The lowest BCUT2D eigenvalue weighted by atomic mass is 10.0. The van der Waals surface area contributed by atoms with Gasteiger partial charge in [-0.1, -0.05) is 6.07 Å². The Morgan fingerprint density at radius 2 is 1.65 bits per heavy atom. The first-order valence-electron chi connectivity index (χ1n) is 11.4. The molecule has 1 aromatic heterocycles. The first-order valence-corrected chi connectivity index (χ1v) is 11.4. The molecule has 3 aromatic carbocycles. The summed E-state index contributed by atoms with van der Waals surface area (Å²) in [4.78, 5) is 30.2. The average Bonchev–Trinajstić information content (AvgIpc) is 2.91. The third-order valence-corrected chi connectivity index (χ3v) is 5.61. The molecule has 0 aliphatic heterocycles. The van der Waals surface area contributed by atoms with E-state index in [0.717, 1.165) is 0 Å². The number of amides is 1. The summed E-state index contributed by atoms with van der Waals surface area (Å²) >= 11 is 0. The van der Waals surface area contributed by atoms with E-state index in [2.05, 4.69) is 10.3 Å². The smallest absolute Gasteiger partial charge is 0.338 e. The third kappa shape index (κ3) is 5.30. The highest BCUT2D eigenvalue weighted by Gasteiger charge is 2.19. The second-order valence-corrected chi connectivity index (χ2v) is 7.89. The number of esters is 1. The maximum absolute atomic E-state index is 14.2. The number of aromatic nitrogens is 1. The Hall–Kier alpha value is -4.66. The summed E-state index contributed by atoms with van der Waals surface area (Å²) in [5.74, 6) is -0.268. The number of hydrogen-bond donors (Lipinski definition) is 1. The normalized spacial score (nSPS) is 10.6.